The van der Waals surface area contributed by atoms with Crippen molar-refractivity contribution in [2.24, 2.45) is 0 Å². The fraction of sp³-hybridized carbons (Fsp3) is 0.118. The molecule has 0 aliphatic heterocycles. The van der Waals surface area contributed by atoms with E-state index in [0.29, 0.717) is 6.42 Å². The van der Waals surface area contributed by atoms with Gasteiger partial charge in [0.25, 0.3) is 0 Å². The minimum absolute atomic E-state index is 0.128. The third-order valence-corrected chi connectivity index (χ3v) is 2.83. The van der Waals surface area contributed by atoms with E-state index >= 15 is 0 Å². The van der Waals surface area contributed by atoms with Crippen molar-refractivity contribution in [3.63, 3.8) is 0 Å². The molecule has 2 aromatic carbocycles. The van der Waals surface area contributed by atoms with Gasteiger partial charge >= 0.3 is 0 Å². The van der Waals surface area contributed by atoms with E-state index in [2.05, 4.69) is 0 Å². The molecule has 0 unspecified atom stereocenters. The quantitative estimate of drug-likeness (QED) is 0.736. The molecule has 0 radical (unpaired) electrons. The second kappa shape index (κ2) is 5.97. The molecule has 1 heteroatoms. The summed E-state index contributed by atoms with van der Waals surface area (Å²) in [5.74, 6) is 0.128. The molecule has 0 amide bonds. The Morgan fingerprint density at radius 2 is 1.50 bits per heavy atom. The molecule has 0 aliphatic rings. The molecule has 0 N–H and O–H groups in total. The highest BCUT2D eigenvalue weighted by Crippen LogP contribution is 2.13. The Balaban J connectivity index is 2.25. The molecular formula is C17H16O. The van der Waals surface area contributed by atoms with Crippen LogP contribution in [-0.2, 0) is 11.2 Å². The average molecular weight is 236 g/mol. The highest BCUT2D eigenvalue weighted by molar-refractivity contribution is 5.98. The standard InChI is InChI=1S/C17H16O/c1-14(18)17(12-15-8-4-2-5-9-15)13-16-10-6-3-7-11-16/h2-12H,13H2,1H3/b17-12-. The summed E-state index contributed by atoms with van der Waals surface area (Å²) < 4.78 is 0. The van der Waals surface area contributed by atoms with Gasteiger partial charge < -0.3 is 0 Å². The maximum Gasteiger partial charge on any atom is 0.156 e. The average Bonchev–Trinajstić information content (AvgIpc) is 2.40. The first kappa shape index (κ1) is 12.3. The van der Waals surface area contributed by atoms with Crippen LogP contribution in [0.4, 0.5) is 0 Å². The molecule has 0 heterocycles. The highest BCUT2D eigenvalue weighted by atomic mass is 16.1. The first-order valence-corrected chi connectivity index (χ1v) is 6.06. The highest BCUT2D eigenvalue weighted by Gasteiger charge is 2.05. The Kier molecular flexibility index (Phi) is 4.08. The van der Waals surface area contributed by atoms with E-state index in [9.17, 15) is 4.79 Å². The summed E-state index contributed by atoms with van der Waals surface area (Å²) in [6, 6.07) is 20.0. The molecule has 18 heavy (non-hydrogen) atoms. The van der Waals surface area contributed by atoms with Crippen molar-refractivity contribution in [3.05, 3.63) is 77.4 Å². The first-order valence-electron chi connectivity index (χ1n) is 6.06. The van der Waals surface area contributed by atoms with Crippen LogP contribution in [0.25, 0.3) is 6.08 Å². The minimum Gasteiger partial charge on any atom is -0.295 e. The van der Waals surface area contributed by atoms with E-state index < -0.39 is 0 Å². The maximum absolute atomic E-state index is 11.7. The number of hydrogen-bond acceptors (Lipinski definition) is 1. The number of Topliss-reactive ketones (excluding diaryl/α,β-unsaturated/α-hetero) is 1. The largest absolute Gasteiger partial charge is 0.295 e. The molecule has 0 aromatic heterocycles. The molecular weight excluding hydrogens is 220 g/mol. The zero-order valence-corrected chi connectivity index (χ0v) is 10.5. The Labute approximate surface area is 108 Å². The molecule has 0 aliphatic carbocycles. The first-order chi connectivity index (χ1) is 8.75. The minimum atomic E-state index is 0.128. The van der Waals surface area contributed by atoms with E-state index in [1.54, 1.807) is 6.92 Å². The van der Waals surface area contributed by atoms with Crippen LogP contribution in [0.3, 0.4) is 0 Å². The van der Waals surface area contributed by atoms with Gasteiger partial charge in [-0.05, 0) is 29.7 Å². The van der Waals surface area contributed by atoms with Crippen molar-refractivity contribution in [2.75, 3.05) is 0 Å². The van der Waals surface area contributed by atoms with Gasteiger partial charge in [-0.25, -0.2) is 0 Å². The van der Waals surface area contributed by atoms with Crippen molar-refractivity contribution in [1.29, 1.82) is 0 Å². The lowest BCUT2D eigenvalue weighted by Crippen LogP contribution is -2.00. The number of rotatable bonds is 4. The lowest BCUT2D eigenvalue weighted by molar-refractivity contribution is -0.113. The van der Waals surface area contributed by atoms with E-state index in [-0.39, 0.29) is 5.78 Å². The van der Waals surface area contributed by atoms with Crippen molar-refractivity contribution in [1.82, 2.24) is 0 Å². The maximum atomic E-state index is 11.7. The lowest BCUT2D eigenvalue weighted by Gasteiger charge is -2.04. The van der Waals surface area contributed by atoms with Crippen LogP contribution in [0, 0.1) is 0 Å². The molecule has 90 valence electrons. The van der Waals surface area contributed by atoms with Crippen LogP contribution in [0.5, 0.6) is 0 Å². The van der Waals surface area contributed by atoms with Gasteiger partial charge in [-0.3, -0.25) is 4.79 Å². The molecule has 0 bridgehead atoms. The van der Waals surface area contributed by atoms with Gasteiger partial charge in [-0.2, -0.15) is 0 Å². The van der Waals surface area contributed by atoms with Gasteiger partial charge in [0, 0.05) is 6.42 Å². The molecule has 0 saturated heterocycles. The van der Waals surface area contributed by atoms with E-state index in [1.165, 1.54) is 0 Å². The summed E-state index contributed by atoms with van der Waals surface area (Å²) in [6.45, 7) is 1.62. The summed E-state index contributed by atoms with van der Waals surface area (Å²) in [5, 5.41) is 0. The lowest BCUT2D eigenvalue weighted by atomic mass is 10.00. The summed E-state index contributed by atoms with van der Waals surface area (Å²) in [6.07, 6.45) is 2.65. The topological polar surface area (TPSA) is 17.1 Å². The van der Waals surface area contributed by atoms with Gasteiger partial charge in [0.15, 0.2) is 5.78 Å². The van der Waals surface area contributed by atoms with Gasteiger partial charge in [-0.1, -0.05) is 60.7 Å². The van der Waals surface area contributed by atoms with Crippen LogP contribution in [-0.4, -0.2) is 5.78 Å². The Morgan fingerprint density at radius 1 is 0.944 bits per heavy atom. The molecule has 2 rings (SSSR count). The number of carbonyl (C=O) groups excluding carboxylic acids is 1. The van der Waals surface area contributed by atoms with Crippen molar-refractivity contribution < 1.29 is 4.79 Å². The molecule has 2 aromatic rings. The van der Waals surface area contributed by atoms with Gasteiger partial charge in [-0.15, -0.1) is 0 Å². The van der Waals surface area contributed by atoms with Gasteiger partial charge in [0.05, 0.1) is 0 Å². The predicted molar refractivity (Wildman–Crippen MR) is 75.2 cm³/mol. The number of ketones is 1. The summed E-state index contributed by atoms with van der Waals surface area (Å²) in [5.41, 5.74) is 3.07. The number of carbonyl (C=O) groups is 1. The normalized spacial score (nSPS) is 11.3. The van der Waals surface area contributed by atoms with Crippen molar-refractivity contribution in [2.45, 2.75) is 13.3 Å². The zero-order chi connectivity index (χ0) is 12.8. The molecule has 0 saturated carbocycles. The van der Waals surface area contributed by atoms with E-state index in [1.807, 2.05) is 66.7 Å². The predicted octanol–water partition coefficient (Wildman–Crippen LogP) is 3.90. The summed E-state index contributed by atoms with van der Waals surface area (Å²) in [4.78, 5) is 11.7. The fourth-order valence-corrected chi connectivity index (χ4v) is 1.84. The third-order valence-electron chi connectivity index (χ3n) is 2.83. The van der Waals surface area contributed by atoms with E-state index in [4.69, 9.17) is 0 Å². The fourth-order valence-electron chi connectivity index (χ4n) is 1.84. The number of hydrogen-bond donors (Lipinski definition) is 0. The monoisotopic (exact) mass is 236 g/mol. The zero-order valence-electron chi connectivity index (χ0n) is 10.5. The van der Waals surface area contributed by atoms with Crippen LogP contribution < -0.4 is 0 Å². The molecule has 0 spiro atoms. The Morgan fingerprint density at radius 3 is 2.06 bits per heavy atom. The molecule has 1 nitrogen and oxygen atoms in total. The molecule has 0 atom stereocenters. The van der Waals surface area contributed by atoms with Gasteiger partial charge in [0.2, 0.25) is 0 Å². The second-order valence-corrected chi connectivity index (χ2v) is 4.30. The van der Waals surface area contributed by atoms with Gasteiger partial charge in [0.1, 0.15) is 0 Å². The summed E-state index contributed by atoms with van der Waals surface area (Å²) >= 11 is 0. The Hall–Kier alpha value is -2.15. The summed E-state index contributed by atoms with van der Waals surface area (Å²) in [7, 11) is 0. The van der Waals surface area contributed by atoms with Crippen LogP contribution in [0.15, 0.2) is 66.2 Å². The Bertz CT molecular complexity index is 538. The van der Waals surface area contributed by atoms with Crippen molar-refractivity contribution in [3.8, 4) is 0 Å². The third kappa shape index (κ3) is 3.42. The number of benzene rings is 2. The van der Waals surface area contributed by atoms with Crippen LogP contribution in [0.1, 0.15) is 18.1 Å². The van der Waals surface area contributed by atoms with E-state index in [0.717, 1.165) is 16.7 Å². The van der Waals surface area contributed by atoms with Crippen LogP contribution in [0.2, 0.25) is 0 Å². The smallest absolute Gasteiger partial charge is 0.156 e. The second-order valence-electron chi connectivity index (χ2n) is 4.30. The number of allylic oxidation sites excluding steroid dienone is 1. The van der Waals surface area contributed by atoms with Crippen LogP contribution >= 0.6 is 0 Å². The SMILES string of the molecule is CC(=O)/C(=C\c1ccccc1)Cc1ccccc1. The molecule has 0 fully saturated rings. The van der Waals surface area contributed by atoms with Crippen molar-refractivity contribution >= 4 is 11.9 Å².